The SMILES string of the molecule is COc1cccc(N2C[C@@H](NC(=O)c3ccnc(OCC4CCOCC4)c3)CC2=O)c1. The standard InChI is InChI=1S/C23H27N3O5/c1-29-20-4-2-3-19(13-20)26-14-18(12-22(26)27)25-23(28)17-5-8-24-21(11-17)31-15-16-6-9-30-10-7-16/h2-5,8,11,13,16,18H,6-7,9-10,12,14-15H2,1H3,(H,25,28)/t18-/m0/s1. The Morgan fingerprint density at radius 1 is 1.26 bits per heavy atom. The maximum absolute atomic E-state index is 12.7. The van der Waals surface area contributed by atoms with Crippen molar-refractivity contribution in [3.8, 4) is 11.6 Å². The number of benzene rings is 1. The molecule has 4 rings (SSSR count). The molecule has 31 heavy (non-hydrogen) atoms. The second-order valence-corrected chi connectivity index (χ2v) is 7.83. The third-order valence-electron chi connectivity index (χ3n) is 5.63. The summed E-state index contributed by atoms with van der Waals surface area (Å²) in [5.41, 5.74) is 1.22. The largest absolute Gasteiger partial charge is 0.497 e. The lowest BCUT2D eigenvalue weighted by atomic mass is 10.0. The Morgan fingerprint density at radius 2 is 2.10 bits per heavy atom. The van der Waals surface area contributed by atoms with Crippen LogP contribution in [0.5, 0.6) is 11.6 Å². The third-order valence-corrected chi connectivity index (χ3v) is 5.63. The summed E-state index contributed by atoms with van der Waals surface area (Å²) < 4.78 is 16.4. The van der Waals surface area contributed by atoms with Crippen molar-refractivity contribution >= 4 is 17.5 Å². The number of hydrogen-bond acceptors (Lipinski definition) is 6. The first kappa shape index (κ1) is 21.1. The smallest absolute Gasteiger partial charge is 0.251 e. The average molecular weight is 425 g/mol. The number of anilines is 1. The van der Waals surface area contributed by atoms with Crippen LogP contribution in [0.2, 0.25) is 0 Å². The molecule has 1 aromatic carbocycles. The van der Waals surface area contributed by atoms with Crippen molar-refractivity contribution < 1.29 is 23.8 Å². The molecule has 0 radical (unpaired) electrons. The molecule has 2 fully saturated rings. The molecule has 1 atom stereocenters. The van der Waals surface area contributed by atoms with Crippen molar-refractivity contribution in [1.29, 1.82) is 0 Å². The van der Waals surface area contributed by atoms with Gasteiger partial charge in [-0.1, -0.05) is 6.07 Å². The van der Waals surface area contributed by atoms with Crippen molar-refractivity contribution in [2.75, 3.05) is 38.4 Å². The van der Waals surface area contributed by atoms with E-state index in [4.69, 9.17) is 14.2 Å². The van der Waals surface area contributed by atoms with Crippen LogP contribution in [0.25, 0.3) is 0 Å². The molecule has 2 aromatic rings. The predicted molar refractivity (Wildman–Crippen MR) is 114 cm³/mol. The summed E-state index contributed by atoms with van der Waals surface area (Å²) in [6.45, 7) is 2.50. The third kappa shape index (κ3) is 5.32. The highest BCUT2D eigenvalue weighted by molar-refractivity contribution is 5.99. The Morgan fingerprint density at radius 3 is 2.90 bits per heavy atom. The molecule has 8 heteroatoms. The zero-order valence-electron chi connectivity index (χ0n) is 17.6. The number of carbonyl (C=O) groups is 2. The number of rotatable bonds is 7. The number of nitrogens with zero attached hydrogens (tertiary/aromatic N) is 2. The molecule has 1 aromatic heterocycles. The number of aromatic nitrogens is 1. The molecule has 1 N–H and O–H groups in total. The number of carbonyl (C=O) groups excluding carboxylic acids is 2. The molecule has 0 saturated carbocycles. The lowest BCUT2D eigenvalue weighted by Crippen LogP contribution is -2.37. The van der Waals surface area contributed by atoms with E-state index in [1.165, 1.54) is 0 Å². The molecule has 2 amide bonds. The molecule has 2 saturated heterocycles. The summed E-state index contributed by atoms with van der Waals surface area (Å²) in [6, 6.07) is 10.4. The molecule has 0 unspecified atom stereocenters. The van der Waals surface area contributed by atoms with E-state index < -0.39 is 0 Å². The lowest BCUT2D eigenvalue weighted by molar-refractivity contribution is -0.117. The van der Waals surface area contributed by atoms with Gasteiger partial charge >= 0.3 is 0 Å². The number of hydrogen-bond donors (Lipinski definition) is 1. The first-order valence-electron chi connectivity index (χ1n) is 10.5. The van der Waals surface area contributed by atoms with E-state index in [0.29, 0.717) is 36.3 Å². The zero-order valence-corrected chi connectivity index (χ0v) is 17.6. The van der Waals surface area contributed by atoms with E-state index in [-0.39, 0.29) is 24.3 Å². The van der Waals surface area contributed by atoms with Crippen LogP contribution in [0.1, 0.15) is 29.6 Å². The summed E-state index contributed by atoms with van der Waals surface area (Å²) in [5.74, 6) is 1.28. The predicted octanol–water partition coefficient (Wildman–Crippen LogP) is 2.43. The van der Waals surface area contributed by atoms with Crippen LogP contribution in [0, 0.1) is 5.92 Å². The van der Waals surface area contributed by atoms with Gasteiger partial charge in [0, 0.05) is 55.8 Å². The number of methoxy groups -OCH3 is 1. The van der Waals surface area contributed by atoms with Crippen LogP contribution in [-0.2, 0) is 9.53 Å². The Kier molecular flexibility index (Phi) is 6.66. The second-order valence-electron chi connectivity index (χ2n) is 7.83. The summed E-state index contributed by atoms with van der Waals surface area (Å²) in [4.78, 5) is 31.1. The highest BCUT2D eigenvalue weighted by Gasteiger charge is 2.32. The Balaban J connectivity index is 1.34. The molecular weight excluding hydrogens is 398 g/mol. The Labute approximate surface area is 181 Å². The highest BCUT2D eigenvalue weighted by atomic mass is 16.5. The van der Waals surface area contributed by atoms with Gasteiger partial charge in [-0.25, -0.2) is 4.98 Å². The molecule has 3 heterocycles. The summed E-state index contributed by atoms with van der Waals surface area (Å²) in [5, 5.41) is 2.95. The van der Waals surface area contributed by atoms with Gasteiger partial charge < -0.3 is 24.4 Å². The van der Waals surface area contributed by atoms with Crippen LogP contribution in [-0.4, -0.2) is 56.3 Å². The first-order chi connectivity index (χ1) is 15.1. The Hall–Kier alpha value is -3.13. The van der Waals surface area contributed by atoms with Gasteiger partial charge in [-0.3, -0.25) is 9.59 Å². The van der Waals surface area contributed by atoms with E-state index in [0.717, 1.165) is 31.7 Å². The second kappa shape index (κ2) is 9.78. The number of nitrogens with one attached hydrogen (secondary N) is 1. The molecule has 2 aliphatic rings. The van der Waals surface area contributed by atoms with Gasteiger partial charge in [-0.05, 0) is 37.0 Å². The minimum Gasteiger partial charge on any atom is -0.497 e. The number of pyridine rings is 1. The number of ether oxygens (including phenoxy) is 3. The van der Waals surface area contributed by atoms with Crippen LogP contribution >= 0.6 is 0 Å². The van der Waals surface area contributed by atoms with Crippen LogP contribution in [0.3, 0.4) is 0 Å². The van der Waals surface area contributed by atoms with E-state index in [1.807, 2.05) is 24.3 Å². The van der Waals surface area contributed by atoms with Gasteiger partial charge in [0.05, 0.1) is 19.8 Å². The van der Waals surface area contributed by atoms with Crippen LogP contribution in [0.4, 0.5) is 5.69 Å². The monoisotopic (exact) mass is 425 g/mol. The highest BCUT2D eigenvalue weighted by Crippen LogP contribution is 2.25. The van der Waals surface area contributed by atoms with Crippen LogP contribution in [0.15, 0.2) is 42.6 Å². The maximum Gasteiger partial charge on any atom is 0.251 e. The first-order valence-corrected chi connectivity index (χ1v) is 10.5. The van der Waals surface area contributed by atoms with E-state index in [1.54, 1.807) is 30.3 Å². The Bertz CT molecular complexity index is 929. The quantitative estimate of drug-likeness (QED) is 0.733. The van der Waals surface area contributed by atoms with Crippen molar-refractivity contribution in [2.45, 2.75) is 25.3 Å². The van der Waals surface area contributed by atoms with Crippen molar-refractivity contribution in [3.63, 3.8) is 0 Å². The summed E-state index contributed by atoms with van der Waals surface area (Å²) in [7, 11) is 1.59. The van der Waals surface area contributed by atoms with Gasteiger partial charge in [0.25, 0.3) is 5.91 Å². The van der Waals surface area contributed by atoms with Gasteiger partial charge in [-0.2, -0.15) is 0 Å². The zero-order chi connectivity index (χ0) is 21.6. The topological polar surface area (TPSA) is 90.0 Å². The fourth-order valence-corrected chi connectivity index (χ4v) is 3.85. The van der Waals surface area contributed by atoms with E-state index >= 15 is 0 Å². The van der Waals surface area contributed by atoms with Crippen LogP contribution < -0.4 is 19.7 Å². The van der Waals surface area contributed by atoms with Gasteiger partial charge in [0.2, 0.25) is 11.8 Å². The molecule has 8 nitrogen and oxygen atoms in total. The normalized spacial score (nSPS) is 19.3. The van der Waals surface area contributed by atoms with Crippen molar-refractivity contribution in [2.24, 2.45) is 5.92 Å². The minimum atomic E-state index is -0.272. The molecule has 2 aliphatic heterocycles. The summed E-state index contributed by atoms with van der Waals surface area (Å²) in [6.07, 6.45) is 3.76. The van der Waals surface area contributed by atoms with E-state index in [9.17, 15) is 9.59 Å². The molecular formula is C23H27N3O5. The fourth-order valence-electron chi connectivity index (χ4n) is 3.85. The fraction of sp³-hybridized carbons (Fsp3) is 0.435. The molecule has 0 spiro atoms. The molecule has 164 valence electrons. The van der Waals surface area contributed by atoms with Gasteiger partial charge in [0.1, 0.15) is 5.75 Å². The van der Waals surface area contributed by atoms with Crippen molar-refractivity contribution in [3.05, 3.63) is 48.2 Å². The molecule has 0 aliphatic carbocycles. The average Bonchev–Trinajstić information content (AvgIpc) is 3.18. The van der Waals surface area contributed by atoms with Crippen molar-refractivity contribution in [1.82, 2.24) is 10.3 Å². The number of amides is 2. The van der Waals surface area contributed by atoms with Gasteiger partial charge in [0.15, 0.2) is 0 Å². The summed E-state index contributed by atoms with van der Waals surface area (Å²) >= 11 is 0. The minimum absolute atomic E-state index is 0.0336. The maximum atomic E-state index is 12.7. The van der Waals surface area contributed by atoms with E-state index in [2.05, 4.69) is 10.3 Å². The lowest BCUT2D eigenvalue weighted by Gasteiger charge is -2.21. The molecule has 0 bridgehead atoms. The van der Waals surface area contributed by atoms with Gasteiger partial charge in [-0.15, -0.1) is 0 Å².